The van der Waals surface area contributed by atoms with E-state index in [0.29, 0.717) is 12.4 Å². The third kappa shape index (κ3) is 4.14. The smallest absolute Gasteiger partial charge is 0.226 e. The van der Waals surface area contributed by atoms with E-state index in [1.165, 1.54) is 44.5 Å². The number of anilines is 1. The maximum atomic E-state index is 6.21. The van der Waals surface area contributed by atoms with Gasteiger partial charge in [-0.1, -0.05) is 86.7 Å². The number of nitrogens with zero attached hydrogens (tertiary/aromatic N) is 3. The quantitative estimate of drug-likeness (QED) is 0.194. The van der Waals surface area contributed by atoms with Crippen LogP contribution in [0.4, 0.5) is 11.6 Å². The summed E-state index contributed by atoms with van der Waals surface area (Å²) in [7, 11) is 0. The molecule has 1 aliphatic carbocycles. The summed E-state index contributed by atoms with van der Waals surface area (Å²) in [6.07, 6.45) is 10.2. The van der Waals surface area contributed by atoms with Crippen molar-refractivity contribution in [2.24, 2.45) is 4.99 Å². The summed E-state index contributed by atoms with van der Waals surface area (Å²) in [4.78, 5) is 10.6. The predicted molar refractivity (Wildman–Crippen MR) is 183 cm³/mol. The standard InChI is InChI=1S/C40H31N3O/c1-40(2)35-23-29(14-16-32(35)33-17-15-30(24-36(33)40)28-18-20-42-21-19-28)26-10-12-27(13-11-26)31-7-6-22-43(25-31)39-38(41-3)34-8-4-5-9-37(34)44-39/h4-21,23-25H,3,22H2,1-2H3. The van der Waals surface area contributed by atoms with Crippen LogP contribution in [0.15, 0.2) is 137 Å². The molecule has 0 fully saturated rings. The number of pyridine rings is 1. The Labute approximate surface area is 257 Å². The van der Waals surface area contributed by atoms with E-state index in [4.69, 9.17) is 4.42 Å². The molecule has 4 heteroatoms. The Balaban J connectivity index is 1.09. The van der Waals surface area contributed by atoms with Crippen molar-refractivity contribution in [3.8, 4) is 33.4 Å². The summed E-state index contributed by atoms with van der Waals surface area (Å²) in [6, 6.07) is 34.7. The third-order valence-corrected chi connectivity index (χ3v) is 9.11. The van der Waals surface area contributed by atoms with E-state index in [-0.39, 0.29) is 5.41 Å². The maximum Gasteiger partial charge on any atom is 0.226 e. The Hall–Kier alpha value is -5.48. The van der Waals surface area contributed by atoms with Crippen LogP contribution >= 0.6 is 0 Å². The Kier molecular flexibility index (Phi) is 5.98. The van der Waals surface area contributed by atoms with E-state index in [9.17, 15) is 0 Å². The zero-order valence-corrected chi connectivity index (χ0v) is 24.8. The van der Waals surface area contributed by atoms with Gasteiger partial charge in [-0.25, -0.2) is 0 Å². The van der Waals surface area contributed by atoms with Gasteiger partial charge < -0.3 is 9.32 Å². The second-order valence-electron chi connectivity index (χ2n) is 12.0. The van der Waals surface area contributed by atoms with Gasteiger partial charge in [0, 0.05) is 35.9 Å². The van der Waals surface area contributed by atoms with Crippen molar-refractivity contribution in [3.63, 3.8) is 0 Å². The van der Waals surface area contributed by atoms with Crippen LogP contribution in [0.5, 0.6) is 0 Å². The lowest BCUT2D eigenvalue weighted by Gasteiger charge is -2.23. The number of fused-ring (bicyclic) bond motifs is 4. The van der Waals surface area contributed by atoms with Crippen LogP contribution < -0.4 is 4.90 Å². The monoisotopic (exact) mass is 569 g/mol. The summed E-state index contributed by atoms with van der Waals surface area (Å²) in [6.45, 7) is 9.19. The number of hydrogen-bond acceptors (Lipinski definition) is 4. The SMILES string of the molecule is C=Nc1c(N2C=C(c3ccc(-c4ccc5c(c4)C(C)(C)c4cc(-c6ccncc6)ccc4-5)cc3)C=CC2)oc2ccccc12. The lowest BCUT2D eigenvalue weighted by atomic mass is 9.81. The maximum absolute atomic E-state index is 6.21. The number of benzene rings is 4. The number of hydrogen-bond donors (Lipinski definition) is 0. The molecular weight excluding hydrogens is 538 g/mol. The average Bonchev–Trinajstić information content (AvgIpc) is 3.57. The lowest BCUT2D eigenvalue weighted by Crippen LogP contribution is -2.18. The van der Waals surface area contributed by atoms with Crippen LogP contribution in [-0.4, -0.2) is 18.2 Å². The molecule has 0 N–H and O–H groups in total. The predicted octanol–water partition coefficient (Wildman–Crippen LogP) is 10.2. The van der Waals surface area contributed by atoms with E-state index < -0.39 is 0 Å². The van der Waals surface area contributed by atoms with Gasteiger partial charge in [0.05, 0.1) is 0 Å². The van der Waals surface area contributed by atoms with Crippen molar-refractivity contribution in [2.45, 2.75) is 19.3 Å². The fourth-order valence-corrected chi connectivity index (χ4v) is 6.73. The van der Waals surface area contributed by atoms with Gasteiger partial charge in [0.15, 0.2) is 0 Å². The average molecular weight is 570 g/mol. The fraction of sp³-hybridized carbons (Fsp3) is 0.100. The highest BCUT2D eigenvalue weighted by Gasteiger charge is 2.35. The molecule has 0 spiro atoms. The Morgan fingerprint density at radius 3 is 2.05 bits per heavy atom. The van der Waals surface area contributed by atoms with E-state index in [0.717, 1.165) is 27.8 Å². The van der Waals surface area contributed by atoms with Crippen molar-refractivity contribution in [1.29, 1.82) is 0 Å². The molecule has 4 nitrogen and oxygen atoms in total. The van der Waals surface area contributed by atoms with Gasteiger partial charge in [-0.3, -0.25) is 9.98 Å². The van der Waals surface area contributed by atoms with Crippen LogP contribution in [-0.2, 0) is 5.41 Å². The van der Waals surface area contributed by atoms with Gasteiger partial charge in [-0.05, 0) is 98.8 Å². The molecule has 0 saturated carbocycles. The van der Waals surface area contributed by atoms with E-state index in [1.807, 2.05) is 36.7 Å². The molecule has 44 heavy (non-hydrogen) atoms. The first-order valence-electron chi connectivity index (χ1n) is 15.0. The molecule has 8 rings (SSSR count). The Morgan fingerprint density at radius 2 is 1.36 bits per heavy atom. The number of rotatable bonds is 5. The van der Waals surface area contributed by atoms with Gasteiger partial charge >= 0.3 is 0 Å². The van der Waals surface area contributed by atoms with Crippen molar-refractivity contribution in [3.05, 3.63) is 144 Å². The van der Waals surface area contributed by atoms with E-state index in [2.05, 4.69) is 127 Å². The van der Waals surface area contributed by atoms with E-state index >= 15 is 0 Å². The number of furan rings is 1. The molecule has 0 unspecified atom stereocenters. The number of para-hydroxylation sites is 1. The third-order valence-electron chi connectivity index (χ3n) is 9.11. The number of allylic oxidation sites excluding steroid dienone is 2. The van der Waals surface area contributed by atoms with Crippen molar-refractivity contribution < 1.29 is 4.42 Å². The molecule has 3 heterocycles. The first-order valence-corrected chi connectivity index (χ1v) is 15.0. The fourth-order valence-electron chi connectivity index (χ4n) is 6.73. The molecule has 0 bridgehead atoms. The molecular formula is C40H31N3O. The molecule has 4 aromatic carbocycles. The summed E-state index contributed by atoms with van der Waals surface area (Å²) >= 11 is 0. The normalized spacial score (nSPS) is 14.8. The highest BCUT2D eigenvalue weighted by atomic mass is 16.4. The van der Waals surface area contributed by atoms with Gasteiger partial charge in [-0.2, -0.15) is 0 Å². The van der Waals surface area contributed by atoms with Crippen molar-refractivity contribution >= 4 is 34.8 Å². The van der Waals surface area contributed by atoms with Crippen molar-refractivity contribution in [2.75, 3.05) is 11.4 Å². The van der Waals surface area contributed by atoms with Crippen LogP contribution in [0.25, 0.3) is 49.9 Å². The highest BCUT2D eigenvalue weighted by molar-refractivity contribution is 5.97. The molecule has 6 aromatic rings. The van der Waals surface area contributed by atoms with Crippen molar-refractivity contribution in [1.82, 2.24) is 4.98 Å². The first-order chi connectivity index (χ1) is 21.5. The number of aromatic nitrogens is 1. The molecule has 212 valence electrons. The molecule has 2 aromatic heterocycles. The summed E-state index contributed by atoms with van der Waals surface area (Å²) in [5.74, 6) is 0.717. The molecule has 0 radical (unpaired) electrons. The summed E-state index contributed by atoms with van der Waals surface area (Å²) in [5, 5.41) is 0.973. The topological polar surface area (TPSA) is 41.6 Å². The van der Waals surface area contributed by atoms with Crippen LogP contribution in [0.2, 0.25) is 0 Å². The second-order valence-corrected chi connectivity index (χ2v) is 12.0. The molecule has 0 atom stereocenters. The lowest BCUT2D eigenvalue weighted by molar-refractivity contribution is 0.610. The zero-order valence-electron chi connectivity index (χ0n) is 24.8. The van der Waals surface area contributed by atoms with Crippen LogP contribution in [0.3, 0.4) is 0 Å². The van der Waals surface area contributed by atoms with E-state index in [1.54, 1.807) is 0 Å². The second kappa shape index (κ2) is 10.1. The van der Waals surface area contributed by atoms with Gasteiger partial charge in [0.1, 0.15) is 11.3 Å². The molecule has 0 saturated heterocycles. The highest BCUT2D eigenvalue weighted by Crippen LogP contribution is 2.50. The Morgan fingerprint density at radius 1 is 0.750 bits per heavy atom. The molecule has 1 aliphatic heterocycles. The van der Waals surface area contributed by atoms with Gasteiger partial charge in [0.25, 0.3) is 0 Å². The number of aliphatic imine (C=N–C) groups is 1. The van der Waals surface area contributed by atoms with Gasteiger partial charge in [-0.15, -0.1) is 0 Å². The van der Waals surface area contributed by atoms with Crippen LogP contribution in [0, 0.1) is 0 Å². The first kappa shape index (κ1) is 26.2. The Bertz CT molecular complexity index is 2130. The molecule has 0 amide bonds. The minimum atomic E-state index is -0.0966. The van der Waals surface area contributed by atoms with Gasteiger partial charge in [0.2, 0.25) is 5.88 Å². The minimum absolute atomic E-state index is 0.0966. The van der Waals surface area contributed by atoms with Crippen LogP contribution in [0.1, 0.15) is 30.5 Å². The summed E-state index contributed by atoms with van der Waals surface area (Å²) < 4.78 is 6.21. The largest absolute Gasteiger partial charge is 0.438 e. The summed E-state index contributed by atoms with van der Waals surface area (Å²) in [5.41, 5.74) is 14.0. The zero-order chi connectivity index (χ0) is 29.8. The molecule has 2 aliphatic rings. The minimum Gasteiger partial charge on any atom is -0.438 e.